The summed E-state index contributed by atoms with van der Waals surface area (Å²) in [5, 5.41) is 11.6. The molecule has 2 aliphatic rings. The summed E-state index contributed by atoms with van der Waals surface area (Å²) in [7, 11) is 0. The van der Waals surface area contributed by atoms with Crippen molar-refractivity contribution in [3.8, 4) is 0 Å². The summed E-state index contributed by atoms with van der Waals surface area (Å²) >= 11 is 0. The van der Waals surface area contributed by atoms with Crippen LogP contribution < -0.4 is 5.32 Å². The highest BCUT2D eigenvalue weighted by Crippen LogP contribution is 2.44. The SMILES string of the molecule is CC1(C)CC1NC(=O)N(CC(=O)O)C1CC1. The average molecular weight is 226 g/mol. The number of hydrogen-bond donors (Lipinski definition) is 2. The minimum atomic E-state index is -0.947. The van der Waals surface area contributed by atoms with E-state index in [0.29, 0.717) is 0 Å². The van der Waals surface area contributed by atoms with Gasteiger partial charge in [0.05, 0.1) is 0 Å². The molecule has 0 aliphatic heterocycles. The topological polar surface area (TPSA) is 69.6 Å². The van der Waals surface area contributed by atoms with Gasteiger partial charge in [-0.15, -0.1) is 0 Å². The number of carboxylic acid groups (broad SMARTS) is 1. The molecule has 2 fully saturated rings. The molecule has 2 rings (SSSR count). The van der Waals surface area contributed by atoms with E-state index in [1.54, 1.807) is 0 Å². The van der Waals surface area contributed by atoms with E-state index >= 15 is 0 Å². The largest absolute Gasteiger partial charge is 0.480 e. The Morgan fingerprint density at radius 2 is 2.00 bits per heavy atom. The summed E-state index contributed by atoms with van der Waals surface area (Å²) in [4.78, 5) is 23.9. The molecule has 2 N–H and O–H groups in total. The number of carbonyl (C=O) groups is 2. The van der Waals surface area contributed by atoms with Crippen LogP contribution in [0.25, 0.3) is 0 Å². The number of nitrogens with zero attached hydrogens (tertiary/aromatic N) is 1. The Bertz CT molecular complexity index is 323. The average Bonchev–Trinajstić information content (AvgIpc) is 3.01. The molecular formula is C11H18N2O3. The van der Waals surface area contributed by atoms with Crippen LogP contribution in [-0.2, 0) is 4.79 Å². The molecule has 2 saturated carbocycles. The van der Waals surface area contributed by atoms with Crippen molar-refractivity contribution in [2.45, 2.75) is 45.2 Å². The van der Waals surface area contributed by atoms with Crippen molar-refractivity contribution in [3.05, 3.63) is 0 Å². The molecule has 5 heteroatoms. The molecule has 5 nitrogen and oxygen atoms in total. The maximum absolute atomic E-state index is 11.8. The van der Waals surface area contributed by atoms with Gasteiger partial charge in [-0.3, -0.25) is 4.79 Å². The van der Waals surface area contributed by atoms with E-state index in [2.05, 4.69) is 19.2 Å². The second kappa shape index (κ2) is 3.64. The number of carbonyl (C=O) groups excluding carboxylic acids is 1. The standard InChI is InChI=1S/C11H18N2O3/c1-11(2)5-8(11)12-10(16)13(6-9(14)15)7-3-4-7/h7-8H,3-6H2,1-2H3,(H,12,16)(H,14,15). The van der Waals surface area contributed by atoms with Crippen molar-refractivity contribution in [2.75, 3.05) is 6.54 Å². The van der Waals surface area contributed by atoms with E-state index in [1.807, 2.05) is 0 Å². The van der Waals surface area contributed by atoms with Crippen LogP contribution in [-0.4, -0.2) is 40.6 Å². The van der Waals surface area contributed by atoms with Crippen molar-refractivity contribution < 1.29 is 14.7 Å². The normalized spacial score (nSPS) is 26.0. The molecule has 2 aliphatic carbocycles. The third-order valence-electron chi connectivity index (χ3n) is 3.37. The predicted molar refractivity (Wildman–Crippen MR) is 58.1 cm³/mol. The molecule has 0 aromatic rings. The fraction of sp³-hybridized carbons (Fsp3) is 0.818. The van der Waals surface area contributed by atoms with Crippen LogP contribution in [0.4, 0.5) is 4.79 Å². The van der Waals surface area contributed by atoms with Gasteiger partial charge >= 0.3 is 12.0 Å². The first-order valence-corrected chi connectivity index (χ1v) is 5.69. The Morgan fingerprint density at radius 3 is 2.38 bits per heavy atom. The number of carboxylic acids is 1. The predicted octanol–water partition coefficient (Wildman–Crippen LogP) is 1.04. The van der Waals surface area contributed by atoms with Crippen LogP contribution in [0.15, 0.2) is 0 Å². The molecule has 0 bridgehead atoms. The molecule has 1 atom stereocenters. The van der Waals surface area contributed by atoms with Crippen LogP contribution in [0.2, 0.25) is 0 Å². The van der Waals surface area contributed by atoms with Gasteiger partial charge < -0.3 is 15.3 Å². The van der Waals surface area contributed by atoms with Crippen LogP contribution in [0.1, 0.15) is 33.1 Å². The number of nitrogens with one attached hydrogen (secondary N) is 1. The van der Waals surface area contributed by atoms with Gasteiger partial charge in [-0.2, -0.15) is 0 Å². The summed E-state index contributed by atoms with van der Waals surface area (Å²) in [6, 6.07) is 0.119. The number of amides is 2. The van der Waals surface area contributed by atoms with Crippen LogP contribution >= 0.6 is 0 Å². The fourth-order valence-corrected chi connectivity index (χ4v) is 1.84. The highest BCUT2D eigenvalue weighted by atomic mass is 16.4. The quantitative estimate of drug-likeness (QED) is 0.752. The van der Waals surface area contributed by atoms with E-state index in [4.69, 9.17) is 5.11 Å². The monoisotopic (exact) mass is 226 g/mol. The van der Waals surface area contributed by atoms with Crippen LogP contribution in [0, 0.1) is 5.41 Å². The minimum absolute atomic E-state index is 0.137. The Kier molecular flexibility index (Phi) is 2.56. The van der Waals surface area contributed by atoms with Crippen molar-refractivity contribution >= 4 is 12.0 Å². The van der Waals surface area contributed by atoms with E-state index in [0.717, 1.165) is 19.3 Å². The first-order valence-electron chi connectivity index (χ1n) is 5.69. The lowest BCUT2D eigenvalue weighted by atomic mass is 10.2. The van der Waals surface area contributed by atoms with E-state index in [-0.39, 0.29) is 30.1 Å². The number of urea groups is 1. The van der Waals surface area contributed by atoms with Gasteiger partial charge in [0.15, 0.2) is 0 Å². The van der Waals surface area contributed by atoms with E-state index in [1.165, 1.54) is 4.90 Å². The lowest BCUT2D eigenvalue weighted by molar-refractivity contribution is -0.137. The lowest BCUT2D eigenvalue weighted by Crippen LogP contribution is -2.45. The lowest BCUT2D eigenvalue weighted by Gasteiger charge is -2.21. The third kappa shape index (κ3) is 2.46. The van der Waals surface area contributed by atoms with Gasteiger partial charge in [0, 0.05) is 12.1 Å². The molecular weight excluding hydrogens is 208 g/mol. The zero-order valence-corrected chi connectivity index (χ0v) is 9.69. The Balaban J connectivity index is 1.87. The van der Waals surface area contributed by atoms with Crippen LogP contribution in [0.3, 0.4) is 0 Å². The number of aliphatic carboxylic acids is 1. The number of hydrogen-bond acceptors (Lipinski definition) is 2. The third-order valence-corrected chi connectivity index (χ3v) is 3.37. The smallest absolute Gasteiger partial charge is 0.323 e. The van der Waals surface area contributed by atoms with Gasteiger partial charge in [-0.1, -0.05) is 13.8 Å². The summed E-state index contributed by atoms with van der Waals surface area (Å²) in [6.07, 6.45) is 2.83. The first-order chi connectivity index (χ1) is 7.40. The summed E-state index contributed by atoms with van der Waals surface area (Å²) in [5.41, 5.74) is 0.175. The molecule has 0 heterocycles. The summed E-state index contributed by atoms with van der Waals surface area (Å²) < 4.78 is 0. The van der Waals surface area contributed by atoms with Crippen molar-refractivity contribution in [3.63, 3.8) is 0 Å². The van der Waals surface area contributed by atoms with E-state index < -0.39 is 5.97 Å². The Hall–Kier alpha value is -1.26. The minimum Gasteiger partial charge on any atom is -0.480 e. The molecule has 0 radical (unpaired) electrons. The maximum atomic E-state index is 11.8. The molecule has 90 valence electrons. The highest BCUT2D eigenvalue weighted by Gasteiger charge is 2.48. The maximum Gasteiger partial charge on any atom is 0.323 e. The first kappa shape index (κ1) is 11.2. The van der Waals surface area contributed by atoms with Crippen molar-refractivity contribution in [2.24, 2.45) is 5.41 Å². The van der Waals surface area contributed by atoms with Crippen LogP contribution in [0.5, 0.6) is 0 Å². The second-order valence-corrected chi connectivity index (χ2v) is 5.45. The highest BCUT2D eigenvalue weighted by molar-refractivity contribution is 5.81. The molecule has 0 aromatic carbocycles. The second-order valence-electron chi connectivity index (χ2n) is 5.45. The summed E-state index contributed by atoms with van der Waals surface area (Å²) in [5.74, 6) is -0.947. The van der Waals surface area contributed by atoms with Gasteiger partial charge in [-0.25, -0.2) is 4.79 Å². The molecule has 1 unspecified atom stereocenters. The van der Waals surface area contributed by atoms with E-state index in [9.17, 15) is 9.59 Å². The zero-order valence-electron chi connectivity index (χ0n) is 9.69. The van der Waals surface area contributed by atoms with Gasteiger partial charge in [0.1, 0.15) is 6.54 Å². The Labute approximate surface area is 94.8 Å². The van der Waals surface area contributed by atoms with Gasteiger partial charge in [0.25, 0.3) is 0 Å². The molecule has 0 spiro atoms. The zero-order chi connectivity index (χ0) is 11.9. The van der Waals surface area contributed by atoms with Crippen molar-refractivity contribution in [1.29, 1.82) is 0 Å². The Morgan fingerprint density at radius 1 is 1.44 bits per heavy atom. The van der Waals surface area contributed by atoms with Gasteiger partial charge in [0.2, 0.25) is 0 Å². The molecule has 16 heavy (non-hydrogen) atoms. The summed E-state index contributed by atoms with van der Waals surface area (Å²) in [6.45, 7) is 4.00. The molecule has 2 amide bonds. The molecule has 0 saturated heterocycles. The van der Waals surface area contributed by atoms with Crippen molar-refractivity contribution in [1.82, 2.24) is 10.2 Å². The number of rotatable bonds is 4. The van der Waals surface area contributed by atoms with Gasteiger partial charge in [-0.05, 0) is 24.7 Å². The fourth-order valence-electron chi connectivity index (χ4n) is 1.84. The molecule has 0 aromatic heterocycles.